The van der Waals surface area contributed by atoms with Crippen LogP contribution in [0.2, 0.25) is 0 Å². The number of nitrogens with one attached hydrogen (secondary N) is 1. The van der Waals surface area contributed by atoms with Crippen LogP contribution in [0.3, 0.4) is 0 Å². The van der Waals surface area contributed by atoms with E-state index >= 15 is 0 Å². The van der Waals surface area contributed by atoms with Gasteiger partial charge >= 0.3 is 0 Å². The lowest BCUT2D eigenvalue weighted by atomic mass is 10.1. The molecule has 1 fully saturated rings. The van der Waals surface area contributed by atoms with Gasteiger partial charge in [-0.2, -0.15) is 0 Å². The molecule has 4 heteroatoms. The van der Waals surface area contributed by atoms with E-state index in [1.807, 2.05) is 24.3 Å². The maximum atomic E-state index is 5.90. The molecule has 1 aliphatic carbocycles. The number of pyridine rings is 1. The van der Waals surface area contributed by atoms with Crippen LogP contribution in [0.25, 0.3) is 0 Å². The van der Waals surface area contributed by atoms with E-state index in [4.69, 9.17) is 4.74 Å². The highest BCUT2D eigenvalue weighted by molar-refractivity contribution is 9.10. The van der Waals surface area contributed by atoms with E-state index in [1.54, 1.807) is 6.20 Å². The van der Waals surface area contributed by atoms with Crippen LogP contribution in [0.4, 0.5) is 0 Å². The van der Waals surface area contributed by atoms with Crippen molar-refractivity contribution in [3.63, 3.8) is 0 Å². The second kappa shape index (κ2) is 6.16. The van der Waals surface area contributed by atoms with Gasteiger partial charge in [0.15, 0.2) is 0 Å². The molecular formula is C17H19BrN2O. The Morgan fingerprint density at radius 2 is 1.95 bits per heavy atom. The molecule has 21 heavy (non-hydrogen) atoms. The first-order chi connectivity index (χ1) is 10.1. The van der Waals surface area contributed by atoms with Crippen LogP contribution in [0.5, 0.6) is 11.6 Å². The third-order valence-electron chi connectivity index (χ3n) is 3.60. The molecule has 1 saturated carbocycles. The molecule has 1 aromatic heterocycles. The monoisotopic (exact) mass is 346 g/mol. The minimum absolute atomic E-state index is 0.645. The number of ether oxygens (including phenoxy) is 1. The van der Waals surface area contributed by atoms with Gasteiger partial charge in [0.2, 0.25) is 5.88 Å². The molecule has 3 rings (SSSR count). The molecule has 0 atom stereocenters. The van der Waals surface area contributed by atoms with Crippen molar-refractivity contribution in [2.45, 2.75) is 39.3 Å². The summed E-state index contributed by atoms with van der Waals surface area (Å²) in [7, 11) is 0. The summed E-state index contributed by atoms with van der Waals surface area (Å²) in [6, 6.07) is 8.78. The molecule has 0 saturated heterocycles. The SMILES string of the molecule is Cc1cc(Oc2cc(CNC3CC3)ccn2)cc(C)c1Br. The summed E-state index contributed by atoms with van der Waals surface area (Å²) in [5, 5.41) is 3.50. The van der Waals surface area contributed by atoms with Gasteiger partial charge in [-0.1, -0.05) is 15.9 Å². The van der Waals surface area contributed by atoms with Crippen molar-refractivity contribution in [2.24, 2.45) is 0 Å². The van der Waals surface area contributed by atoms with Crippen LogP contribution < -0.4 is 10.1 Å². The largest absolute Gasteiger partial charge is 0.439 e. The Bertz CT molecular complexity index is 630. The van der Waals surface area contributed by atoms with Gasteiger partial charge in [-0.3, -0.25) is 0 Å². The normalized spacial score (nSPS) is 14.2. The number of nitrogens with zero attached hydrogens (tertiary/aromatic N) is 1. The van der Waals surface area contributed by atoms with Gasteiger partial charge in [0.1, 0.15) is 5.75 Å². The van der Waals surface area contributed by atoms with Crippen LogP contribution in [-0.4, -0.2) is 11.0 Å². The Hall–Kier alpha value is -1.39. The summed E-state index contributed by atoms with van der Waals surface area (Å²) in [4.78, 5) is 4.30. The molecule has 0 spiro atoms. The van der Waals surface area contributed by atoms with Crippen molar-refractivity contribution < 1.29 is 4.74 Å². The van der Waals surface area contributed by atoms with Crippen LogP contribution in [0.1, 0.15) is 29.5 Å². The zero-order valence-corrected chi connectivity index (χ0v) is 13.9. The zero-order chi connectivity index (χ0) is 14.8. The van der Waals surface area contributed by atoms with Gasteiger partial charge in [0, 0.05) is 29.3 Å². The van der Waals surface area contributed by atoms with Gasteiger partial charge in [-0.25, -0.2) is 4.98 Å². The summed E-state index contributed by atoms with van der Waals surface area (Å²) in [6.45, 7) is 5.00. The minimum atomic E-state index is 0.645. The van der Waals surface area contributed by atoms with Crippen LogP contribution in [0.15, 0.2) is 34.9 Å². The number of aromatic nitrogens is 1. The van der Waals surface area contributed by atoms with Crippen LogP contribution in [-0.2, 0) is 6.54 Å². The second-order valence-electron chi connectivity index (χ2n) is 5.63. The van der Waals surface area contributed by atoms with Gasteiger partial charge in [0.05, 0.1) is 0 Å². The number of hydrogen-bond acceptors (Lipinski definition) is 3. The number of rotatable bonds is 5. The van der Waals surface area contributed by atoms with Crippen molar-refractivity contribution in [3.05, 3.63) is 51.6 Å². The summed E-state index contributed by atoms with van der Waals surface area (Å²) >= 11 is 3.57. The van der Waals surface area contributed by atoms with Gasteiger partial charge in [-0.05, 0) is 61.6 Å². The Morgan fingerprint density at radius 1 is 1.24 bits per heavy atom. The third kappa shape index (κ3) is 3.83. The lowest BCUT2D eigenvalue weighted by Crippen LogP contribution is -2.15. The molecule has 1 aromatic carbocycles. The van der Waals surface area contributed by atoms with E-state index < -0.39 is 0 Å². The quantitative estimate of drug-likeness (QED) is 0.864. The van der Waals surface area contributed by atoms with Gasteiger partial charge in [0.25, 0.3) is 0 Å². The summed E-state index contributed by atoms with van der Waals surface area (Å²) in [5.74, 6) is 1.47. The topological polar surface area (TPSA) is 34.1 Å². The first-order valence-corrected chi connectivity index (χ1v) is 8.04. The fourth-order valence-corrected chi connectivity index (χ4v) is 2.48. The average Bonchev–Trinajstić information content (AvgIpc) is 3.27. The Labute approximate surface area is 133 Å². The predicted octanol–water partition coefficient (Wildman–Crippen LogP) is 4.51. The van der Waals surface area contributed by atoms with Crippen molar-refractivity contribution in [3.8, 4) is 11.6 Å². The maximum Gasteiger partial charge on any atom is 0.219 e. The molecule has 0 aliphatic heterocycles. The molecule has 0 radical (unpaired) electrons. The fourth-order valence-electron chi connectivity index (χ4n) is 2.25. The standard InChI is InChI=1S/C17H19BrN2O/c1-11-7-15(8-12(2)17(11)18)21-16-9-13(5-6-19-16)10-20-14-3-4-14/h5-9,14,20H,3-4,10H2,1-2H3. The Morgan fingerprint density at radius 3 is 2.62 bits per heavy atom. The summed E-state index contributed by atoms with van der Waals surface area (Å²) in [6.07, 6.45) is 4.40. The molecule has 0 amide bonds. The number of halogens is 1. The summed E-state index contributed by atoms with van der Waals surface area (Å²) in [5.41, 5.74) is 3.53. The number of benzene rings is 1. The molecule has 1 N–H and O–H groups in total. The lowest BCUT2D eigenvalue weighted by molar-refractivity contribution is 0.461. The first-order valence-electron chi connectivity index (χ1n) is 7.25. The number of aryl methyl sites for hydroxylation is 2. The highest BCUT2D eigenvalue weighted by Gasteiger charge is 2.19. The maximum absolute atomic E-state index is 5.90. The van der Waals surface area contributed by atoms with Gasteiger partial charge < -0.3 is 10.1 Å². The van der Waals surface area contributed by atoms with Crippen LogP contribution >= 0.6 is 15.9 Å². The van der Waals surface area contributed by atoms with Crippen molar-refractivity contribution in [2.75, 3.05) is 0 Å². The van der Waals surface area contributed by atoms with Gasteiger partial charge in [-0.15, -0.1) is 0 Å². The van der Waals surface area contributed by atoms with E-state index in [9.17, 15) is 0 Å². The summed E-state index contributed by atoms with van der Waals surface area (Å²) < 4.78 is 7.03. The lowest BCUT2D eigenvalue weighted by Gasteiger charge is -2.10. The van der Waals surface area contributed by atoms with E-state index in [-0.39, 0.29) is 0 Å². The molecule has 1 aliphatic rings. The van der Waals surface area contributed by atoms with Crippen molar-refractivity contribution in [1.82, 2.24) is 10.3 Å². The molecule has 0 bridgehead atoms. The number of hydrogen-bond donors (Lipinski definition) is 1. The molecular weight excluding hydrogens is 328 g/mol. The zero-order valence-electron chi connectivity index (χ0n) is 12.3. The predicted molar refractivity (Wildman–Crippen MR) is 87.8 cm³/mol. The molecule has 2 aromatic rings. The van der Waals surface area contributed by atoms with E-state index in [0.717, 1.165) is 27.9 Å². The van der Waals surface area contributed by atoms with E-state index in [0.29, 0.717) is 11.9 Å². The van der Waals surface area contributed by atoms with E-state index in [1.165, 1.54) is 18.4 Å². The van der Waals surface area contributed by atoms with Crippen LogP contribution in [0, 0.1) is 13.8 Å². The molecule has 0 unspecified atom stereocenters. The first kappa shape index (κ1) is 14.5. The molecule has 3 nitrogen and oxygen atoms in total. The Kier molecular flexibility index (Phi) is 4.27. The fraction of sp³-hybridized carbons (Fsp3) is 0.353. The third-order valence-corrected chi connectivity index (χ3v) is 4.85. The van der Waals surface area contributed by atoms with Crippen molar-refractivity contribution >= 4 is 15.9 Å². The average molecular weight is 347 g/mol. The Balaban J connectivity index is 1.73. The van der Waals surface area contributed by atoms with Crippen molar-refractivity contribution in [1.29, 1.82) is 0 Å². The minimum Gasteiger partial charge on any atom is -0.439 e. The molecule has 110 valence electrons. The van der Waals surface area contributed by atoms with E-state index in [2.05, 4.69) is 40.1 Å². The highest BCUT2D eigenvalue weighted by atomic mass is 79.9. The highest BCUT2D eigenvalue weighted by Crippen LogP contribution is 2.29. The smallest absolute Gasteiger partial charge is 0.219 e. The molecule has 1 heterocycles. The second-order valence-corrected chi connectivity index (χ2v) is 6.42.